The first kappa shape index (κ1) is 8.81. The molecule has 0 fully saturated rings. The Hall–Kier alpha value is -1.77. The lowest BCUT2D eigenvalue weighted by Gasteiger charge is -1.95. The molecule has 0 atom stereocenters. The van der Waals surface area contributed by atoms with Gasteiger partial charge >= 0.3 is 0 Å². The lowest BCUT2D eigenvalue weighted by atomic mass is 10.1. The van der Waals surface area contributed by atoms with Crippen molar-refractivity contribution in [3.8, 4) is 5.88 Å². The van der Waals surface area contributed by atoms with Crippen molar-refractivity contribution in [2.75, 3.05) is 0 Å². The number of aryl methyl sites for hydroxylation is 1. The summed E-state index contributed by atoms with van der Waals surface area (Å²) in [5, 5.41) is 9.28. The molecule has 3 heteroatoms. The average Bonchev–Trinajstić information content (AvgIpc) is 2.47. The van der Waals surface area contributed by atoms with Crippen molar-refractivity contribution in [3.63, 3.8) is 0 Å². The van der Waals surface area contributed by atoms with E-state index in [-0.39, 0.29) is 5.88 Å². The summed E-state index contributed by atoms with van der Waals surface area (Å²) in [6.07, 6.45) is 0.724. The maximum absolute atomic E-state index is 9.28. The fourth-order valence-electron chi connectivity index (χ4n) is 1.38. The summed E-state index contributed by atoms with van der Waals surface area (Å²) >= 11 is 0. The average molecular weight is 188 g/mol. The standard InChI is InChI=1S/C11H12N2O/c1-8-11(14)13-10(12-8)7-9-5-3-2-4-6-9/h2-6,14H,7H2,1H3,(H,12,13). The van der Waals surface area contributed by atoms with E-state index in [9.17, 15) is 5.11 Å². The second kappa shape index (κ2) is 3.54. The molecule has 1 aromatic carbocycles. The summed E-state index contributed by atoms with van der Waals surface area (Å²) in [7, 11) is 0. The quantitative estimate of drug-likeness (QED) is 0.757. The minimum Gasteiger partial charge on any atom is -0.492 e. The third-order valence-electron chi connectivity index (χ3n) is 2.12. The number of nitrogens with one attached hydrogen (secondary N) is 1. The zero-order valence-corrected chi connectivity index (χ0v) is 7.99. The van der Waals surface area contributed by atoms with Gasteiger partial charge in [0.25, 0.3) is 0 Å². The van der Waals surface area contributed by atoms with E-state index in [2.05, 4.69) is 9.97 Å². The van der Waals surface area contributed by atoms with Crippen molar-refractivity contribution in [3.05, 3.63) is 47.4 Å². The maximum Gasteiger partial charge on any atom is 0.232 e. The summed E-state index contributed by atoms with van der Waals surface area (Å²) in [6.45, 7) is 1.80. The Kier molecular flexibility index (Phi) is 2.23. The summed E-state index contributed by atoms with van der Waals surface area (Å²) in [6, 6.07) is 10.0. The minimum atomic E-state index is 0.0935. The molecule has 0 aliphatic rings. The van der Waals surface area contributed by atoms with E-state index in [1.165, 1.54) is 5.56 Å². The van der Waals surface area contributed by atoms with Crippen LogP contribution < -0.4 is 0 Å². The lowest BCUT2D eigenvalue weighted by molar-refractivity contribution is 0.451. The van der Waals surface area contributed by atoms with Crippen molar-refractivity contribution in [2.45, 2.75) is 13.3 Å². The fourth-order valence-corrected chi connectivity index (χ4v) is 1.38. The van der Waals surface area contributed by atoms with Gasteiger partial charge in [-0.15, -0.1) is 0 Å². The molecule has 0 aliphatic carbocycles. The molecule has 0 amide bonds. The molecule has 0 unspecified atom stereocenters. The van der Waals surface area contributed by atoms with Gasteiger partial charge in [0.05, 0.1) is 5.69 Å². The number of aromatic nitrogens is 2. The van der Waals surface area contributed by atoms with Crippen LogP contribution in [0.1, 0.15) is 17.1 Å². The van der Waals surface area contributed by atoms with Gasteiger partial charge in [-0.2, -0.15) is 4.98 Å². The van der Waals surface area contributed by atoms with Gasteiger partial charge in [-0.05, 0) is 12.5 Å². The first-order chi connectivity index (χ1) is 6.75. The fraction of sp³-hybridized carbons (Fsp3) is 0.182. The van der Waals surface area contributed by atoms with Crippen molar-refractivity contribution in [1.29, 1.82) is 0 Å². The molecular formula is C11H12N2O. The topological polar surface area (TPSA) is 48.9 Å². The molecule has 1 aromatic heterocycles. The van der Waals surface area contributed by atoms with Crippen LogP contribution in [-0.2, 0) is 6.42 Å². The molecule has 2 N–H and O–H groups in total. The van der Waals surface area contributed by atoms with Gasteiger partial charge in [0, 0.05) is 6.42 Å². The Bertz CT molecular complexity index is 401. The highest BCUT2D eigenvalue weighted by molar-refractivity contribution is 5.23. The Morgan fingerprint density at radius 2 is 2.00 bits per heavy atom. The van der Waals surface area contributed by atoms with Crippen LogP contribution >= 0.6 is 0 Å². The van der Waals surface area contributed by atoms with Crippen LogP contribution in [0.25, 0.3) is 0 Å². The highest BCUT2D eigenvalue weighted by Crippen LogP contribution is 2.13. The molecule has 72 valence electrons. The summed E-state index contributed by atoms with van der Waals surface area (Å²) in [5.41, 5.74) is 1.90. The summed E-state index contributed by atoms with van der Waals surface area (Å²) in [4.78, 5) is 7.04. The zero-order chi connectivity index (χ0) is 9.97. The molecular weight excluding hydrogens is 176 g/mol. The van der Waals surface area contributed by atoms with Crippen LogP contribution in [0.15, 0.2) is 30.3 Å². The van der Waals surface area contributed by atoms with Crippen LogP contribution in [-0.4, -0.2) is 15.1 Å². The number of aromatic amines is 1. The first-order valence-corrected chi connectivity index (χ1v) is 4.54. The second-order valence-electron chi connectivity index (χ2n) is 3.29. The molecule has 14 heavy (non-hydrogen) atoms. The summed E-state index contributed by atoms with van der Waals surface area (Å²) in [5.74, 6) is 0.891. The van der Waals surface area contributed by atoms with E-state index >= 15 is 0 Å². The van der Waals surface area contributed by atoms with Crippen LogP contribution in [0, 0.1) is 6.92 Å². The van der Waals surface area contributed by atoms with Gasteiger partial charge in [-0.3, -0.25) is 0 Å². The molecule has 0 spiro atoms. The molecule has 0 saturated carbocycles. The highest BCUT2D eigenvalue weighted by Gasteiger charge is 2.04. The second-order valence-corrected chi connectivity index (χ2v) is 3.29. The van der Waals surface area contributed by atoms with Crippen molar-refractivity contribution in [1.82, 2.24) is 9.97 Å². The van der Waals surface area contributed by atoms with Crippen LogP contribution in [0.4, 0.5) is 0 Å². The number of imidazole rings is 1. The van der Waals surface area contributed by atoms with E-state index in [1.807, 2.05) is 30.3 Å². The SMILES string of the molecule is Cc1[nH]c(Cc2ccccc2)nc1O. The number of rotatable bonds is 2. The largest absolute Gasteiger partial charge is 0.492 e. The zero-order valence-electron chi connectivity index (χ0n) is 7.99. The molecule has 0 radical (unpaired) electrons. The van der Waals surface area contributed by atoms with E-state index < -0.39 is 0 Å². The Morgan fingerprint density at radius 3 is 2.57 bits per heavy atom. The number of hydrogen-bond donors (Lipinski definition) is 2. The molecule has 2 aromatic rings. The van der Waals surface area contributed by atoms with Crippen molar-refractivity contribution in [2.24, 2.45) is 0 Å². The third-order valence-corrected chi connectivity index (χ3v) is 2.12. The van der Waals surface area contributed by atoms with Gasteiger partial charge in [-0.25, -0.2) is 0 Å². The van der Waals surface area contributed by atoms with Gasteiger partial charge in [0.15, 0.2) is 0 Å². The number of hydrogen-bond acceptors (Lipinski definition) is 2. The number of nitrogens with zero attached hydrogens (tertiary/aromatic N) is 1. The Morgan fingerprint density at radius 1 is 1.29 bits per heavy atom. The van der Waals surface area contributed by atoms with Gasteiger partial charge in [0.1, 0.15) is 5.82 Å². The molecule has 0 saturated heterocycles. The highest BCUT2D eigenvalue weighted by atomic mass is 16.3. The molecule has 1 heterocycles. The summed E-state index contributed by atoms with van der Waals surface area (Å²) < 4.78 is 0. The Labute approximate surface area is 82.4 Å². The first-order valence-electron chi connectivity index (χ1n) is 4.54. The number of H-pyrrole nitrogens is 1. The molecule has 2 rings (SSSR count). The molecule has 0 bridgehead atoms. The lowest BCUT2D eigenvalue weighted by Crippen LogP contribution is -1.89. The van der Waals surface area contributed by atoms with Crippen LogP contribution in [0.5, 0.6) is 5.88 Å². The maximum atomic E-state index is 9.28. The normalized spacial score (nSPS) is 10.4. The van der Waals surface area contributed by atoms with Gasteiger partial charge < -0.3 is 10.1 Å². The Balaban J connectivity index is 2.19. The number of aromatic hydroxyl groups is 1. The van der Waals surface area contributed by atoms with Gasteiger partial charge in [0.2, 0.25) is 5.88 Å². The van der Waals surface area contributed by atoms with Crippen molar-refractivity contribution < 1.29 is 5.11 Å². The van der Waals surface area contributed by atoms with Gasteiger partial charge in [-0.1, -0.05) is 30.3 Å². The van der Waals surface area contributed by atoms with E-state index in [1.54, 1.807) is 6.92 Å². The van der Waals surface area contributed by atoms with Crippen LogP contribution in [0.3, 0.4) is 0 Å². The molecule has 3 nitrogen and oxygen atoms in total. The minimum absolute atomic E-state index is 0.0935. The molecule has 0 aliphatic heterocycles. The van der Waals surface area contributed by atoms with E-state index in [4.69, 9.17) is 0 Å². The van der Waals surface area contributed by atoms with Crippen molar-refractivity contribution >= 4 is 0 Å². The third kappa shape index (κ3) is 1.76. The van der Waals surface area contributed by atoms with E-state index in [0.29, 0.717) is 0 Å². The predicted octanol–water partition coefficient (Wildman–Crippen LogP) is 2.01. The van der Waals surface area contributed by atoms with Crippen LogP contribution in [0.2, 0.25) is 0 Å². The smallest absolute Gasteiger partial charge is 0.232 e. The monoisotopic (exact) mass is 188 g/mol. The van der Waals surface area contributed by atoms with E-state index in [0.717, 1.165) is 17.9 Å². The predicted molar refractivity (Wildman–Crippen MR) is 54.2 cm³/mol. The number of benzene rings is 1.